The van der Waals surface area contributed by atoms with Crippen molar-refractivity contribution >= 4 is 53.1 Å². The fourth-order valence-electron chi connectivity index (χ4n) is 10.5. The Bertz CT molecular complexity index is 4030. The third-order valence-electron chi connectivity index (χ3n) is 13.8. The second-order valence-corrected chi connectivity index (χ2v) is 19.0. The second kappa shape index (κ2) is 17.2. The number of rotatable bonds is 8. The first-order valence-corrected chi connectivity index (χ1v) is 24.5. The number of fused-ring (bicyclic) bond motifs is 5. The molecule has 13 aromatic rings. The highest BCUT2D eigenvalue weighted by atomic mass is 32.1. The lowest BCUT2D eigenvalue weighted by atomic mass is 9.84. The Kier molecular flexibility index (Phi) is 10.1. The van der Waals surface area contributed by atoms with Crippen molar-refractivity contribution in [2.75, 3.05) is 0 Å². The van der Waals surface area contributed by atoms with E-state index in [2.05, 4.69) is 267 Å². The molecule has 0 bridgehead atoms. The first-order valence-electron chi connectivity index (χ1n) is 23.7. The van der Waals surface area contributed by atoms with E-state index in [1.165, 1.54) is 131 Å². The van der Waals surface area contributed by atoms with Gasteiger partial charge >= 0.3 is 0 Å². The molecule has 322 valence electrons. The molecule has 1 heteroatoms. The molecule has 13 rings (SSSR count). The summed E-state index contributed by atoms with van der Waals surface area (Å²) < 4.78 is 2.58. The van der Waals surface area contributed by atoms with Crippen LogP contribution in [0, 0.1) is 0 Å². The van der Waals surface area contributed by atoms with Gasteiger partial charge in [-0.3, -0.25) is 0 Å². The maximum absolute atomic E-state index is 2.44. The molecule has 0 N–H and O–H groups in total. The fourth-order valence-corrected chi connectivity index (χ4v) is 11.7. The summed E-state index contributed by atoms with van der Waals surface area (Å²) >= 11 is 1.89. The van der Waals surface area contributed by atoms with Crippen LogP contribution in [0.5, 0.6) is 0 Å². The van der Waals surface area contributed by atoms with Crippen molar-refractivity contribution in [2.45, 2.75) is 0 Å². The molecule has 0 fully saturated rings. The summed E-state index contributed by atoms with van der Waals surface area (Å²) in [5.41, 5.74) is 19.5. The highest BCUT2D eigenvalue weighted by Gasteiger charge is 2.19. The van der Waals surface area contributed by atoms with Crippen molar-refractivity contribution in [3.63, 3.8) is 0 Å². The minimum atomic E-state index is 1.19. The molecule has 0 radical (unpaired) electrons. The van der Waals surface area contributed by atoms with E-state index in [9.17, 15) is 0 Å². The molecule has 0 aliphatic rings. The molecule has 0 atom stereocenters. The van der Waals surface area contributed by atoms with E-state index in [-0.39, 0.29) is 0 Å². The summed E-state index contributed by atoms with van der Waals surface area (Å²) in [5.74, 6) is 0. The fraction of sp³-hybridized carbons (Fsp3) is 0. The zero-order chi connectivity index (χ0) is 45.7. The summed E-state index contributed by atoms with van der Waals surface area (Å²) in [4.78, 5) is 0. The Hall–Kier alpha value is -8.62. The average Bonchev–Trinajstić information content (AvgIpc) is 3.81. The van der Waals surface area contributed by atoms with Crippen molar-refractivity contribution < 1.29 is 0 Å². The molecule has 12 aromatic carbocycles. The monoisotopic (exact) mass is 892 g/mol. The molecule has 69 heavy (non-hydrogen) atoms. The van der Waals surface area contributed by atoms with Crippen LogP contribution in [0.15, 0.2) is 267 Å². The first-order chi connectivity index (χ1) is 34.2. The first kappa shape index (κ1) is 40.6. The Balaban J connectivity index is 1.00. The summed E-state index contributed by atoms with van der Waals surface area (Å²) in [7, 11) is 0. The normalized spacial score (nSPS) is 11.5. The van der Waals surface area contributed by atoms with Gasteiger partial charge in [0.25, 0.3) is 0 Å². The maximum Gasteiger partial charge on any atom is 0.0434 e. The lowest BCUT2D eigenvalue weighted by Crippen LogP contribution is -1.91. The minimum absolute atomic E-state index is 1.19. The number of thiophene rings is 1. The van der Waals surface area contributed by atoms with Gasteiger partial charge in [0, 0.05) is 25.7 Å². The Morgan fingerprint density at radius 1 is 0.188 bits per heavy atom. The highest BCUT2D eigenvalue weighted by molar-refractivity contribution is 7.26. The van der Waals surface area contributed by atoms with Crippen LogP contribution < -0.4 is 0 Å². The molecule has 0 aliphatic heterocycles. The maximum atomic E-state index is 2.44. The smallest absolute Gasteiger partial charge is 0.0434 e. The summed E-state index contributed by atoms with van der Waals surface area (Å²) in [6, 6.07) is 98.3. The van der Waals surface area contributed by atoms with E-state index >= 15 is 0 Å². The third kappa shape index (κ3) is 7.41. The molecular formula is C68H44S. The second-order valence-electron chi connectivity index (χ2n) is 18.0. The summed E-state index contributed by atoms with van der Waals surface area (Å²) in [6.07, 6.45) is 0. The zero-order valence-corrected chi connectivity index (χ0v) is 38.6. The predicted octanol–water partition coefficient (Wildman–Crippen LogP) is 19.7. The molecule has 0 unspecified atom stereocenters. The van der Waals surface area contributed by atoms with Crippen molar-refractivity contribution in [3.05, 3.63) is 267 Å². The zero-order valence-electron chi connectivity index (χ0n) is 37.8. The van der Waals surface area contributed by atoms with E-state index in [0.717, 1.165) is 0 Å². The molecular weight excluding hydrogens is 849 g/mol. The van der Waals surface area contributed by atoms with Crippen LogP contribution in [0.1, 0.15) is 0 Å². The van der Waals surface area contributed by atoms with Crippen LogP contribution in [0.4, 0.5) is 0 Å². The van der Waals surface area contributed by atoms with E-state index in [1.807, 2.05) is 11.3 Å². The van der Waals surface area contributed by atoms with E-state index in [1.54, 1.807) is 0 Å². The third-order valence-corrected chi connectivity index (χ3v) is 15.1. The Morgan fingerprint density at radius 3 is 1.10 bits per heavy atom. The van der Waals surface area contributed by atoms with Crippen LogP contribution in [0.25, 0.3) is 131 Å². The molecule has 1 heterocycles. The van der Waals surface area contributed by atoms with Gasteiger partial charge in [-0.1, -0.05) is 218 Å². The topological polar surface area (TPSA) is 0 Å². The number of hydrogen-bond acceptors (Lipinski definition) is 1. The molecule has 1 aromatic heterocycles. The summed E-state index contributed by atoms with van der Waals surface area (Å²) in [5, 5.41) is 7.58. The number of hydrogen-bond donors (Lipinski definition) is 0. The van der Waals surface area contributed by atoms with Crippen molar-refractivity contribution in [2.24, 2.45) is 0 Å². The van der Waals surface area contributed by atoms with Crippen LogP contribution in [-0.2, 0) is 0 Å². The molecule has 0 nitrogen and oxygen atoms in total. The van der Waals surface area contributed by atoms with Gasteiger partial charge in [-0.05, 0) is 154 Å². The van der Waals surface area contributed by atoms with Crippen molar-refractivity contribution in [3.8, 4) is 89.0 Å². The van der Waals surface area contributed by atoms with Gasteiger partial charge in [0.2, 0.25) is 0 Å². The molecule has 0 amide bonds. The van der Waals surface area contributed by atoms with Crippen molar-refractivity contribution in [1.29, 1.82) is 0 Å². The van der Waals surface area contributed by atoms with E-state index in [4.69, 9.17) is 0 Å². The quantitative estimate of drug-likeness (QED) is 0.133. The van der Waals surface area contributed by atoms with Gasteiger partial charge in [-0.2, -0.15) is 0 Å². The molecule has 0 aliphatic carbocycles. The van der Waals surface area contributed by atoms with Gasteiger partial charge in [-0.15, -0.1) is 11.3 Å². The molecule has 0 saturated carbocycles. The summed E-state index contributed by atoms with van der Waals surface area (Å²) in [6.45, 7) is 0. The minimum Gasteiger partial charge on any atom is -0.135 e. The average molecular weight is 893 g/mol. The number of benzene rings is 12. The Morgan fingerprint density at radius 2 is 0.551 bits per heavy atom. The van der Waals surface area contributed by atoms with Gasteiger partial charge < -0.3 is 0 Å². The van der Waals surface area contributed by atoms with Gasteiger partial charge in [-0.25, -0.2) is 0 Å². The lowest BCUT2D eigenvalue weighted by molar-refractivity contribution is 1.59. The predicted molar refractivity (Wildman–Crippen MR) is 298 cm³/mol. The largest absolute Gasteiger partial charge is 0.135 e. The van der Waals surface area contributed by atoms with Gasteiger partial charge in [0.1, 0.15) is 0 Å². The van der Waals surface area contributed by atoms with Crippen LogP contribution in [0.2, 0.25) is 0 Å². The van der Waals surface area contributed by atoms with Crippen LogP contribution >= 0.6 is 11.3 Å². The van der Waals surface area contributed by atoms with Crippen LogP contribution in [0.3, 0.4) is 0 Å². The Labute approximate surface area is 406 Å². The lowest BCUT2D eigenvalue weighted by Gasteiger charge is -2.19. The SMILES string of the molecule is c1ccc(-c2cccc(-c3ccc4sc5c(-c6cccc(-c7ccc8c(-c9ccccc9)c9ccccc9c(-c9ccccc9)c8c7)c6)cc(-c6cccc(-c7ccccc7)c6)cc5c4c3)c2)cc1. The van der Waals surface area contributed by atoms with Gasteiger partial charge in [0.05, 0.1) is 0 Å². The van der Waals surface area contributed by atoms with E-state index in [0.29, 0.717) is 0 Å². The molecule has 0 saturated heterocycles. The van der Waals surface area contributed by atoms with Crippen LogP contribution in [-0.4, -0.2) is 0 Å². The molecule has 0 spiro atoms. The van der Waals surface area contributed by atoms with Crippen molar-refractivity contribution in [1.82, 2.24) is 0 Å². The van der Waals surface area contributed by atoms with E-state index < -0.39 is 0 Å². The highest BCUT2D eigenvalue weighted by Crippen LogP contribution is 2.47. The van der Waals surface area contributed by atoms with Gasteiger partial charge in [0.15, 0.2) is 0 Å². The standard InChI is InChI=1S/C68H44S/c1-5-18-45(19-6-1)49-26-15-28-51(38-49)55-35-37-65-62(41-55)64-44-57(53-30-16-27-50(39-53)46-20-7-2-8-21-46)43-61(68(64)69-65)56-31-17-29-52(40-56)54-34-36-60-63(42-54)67(48-24-11-4-12-25-48)59-33-14-13-32-58(59)66(60)47-22-9-3-10-23-47/h1-44H.